The minimum absolute atomic E-state index is 0.125. The van der Waals surface area contributed by atoms with Gasteiger partial charge in [0.15, 0.2) is 0 Å². The molecule has 1 aliphatic heterocycles. The van der Waals surface area contributed by atoms with Gasteiger partial charge in [0.05, 0.1) is 7.11 Å². The molecule has 5 nitrogen and oxygen atoms in total. The van der Waals surface area contributed by atoms with Crippen molar-refractivity contribution in [1.82, 2.24) is 4.90 Å². The Morgan fingerprint density at radius 1 is 1.12 bits per heavy atom. The molecule has 0 aliphatic carbocycles. The summed E-state index contributed by atoms with van der Waals surface area (Å²) < 4.78 is 4.61. The van der Waals surface area contributed by atoms with Gasteiger partial charge in [-0.3, -0.25) is 14.4 Å². The van der Waals surface area contributed by atoms with E-state index in [0.717, 1.165) is 50.6 Å². The number of carbonyl (C=O) groups is 3. The van der Waals surface area contributed by atoms with Crippen LogP contribution in [0.2, 0.25) is 0 Å². The number of ketones is 1. The third-order valence-corrected chi connectivity index (χ3v) is 4.53. The van der Waals surface area contributed by atoms with E-state index in [1.54, 1.807) is 4.90 Å². The van der Waals surface area contributed by atoms with Crippen LogP contribution in [0.4, 0.5) is 0 Å². The fourth-order valence-corrected chi connectivity index (χ4v) is 2.95. The van der Waals surface area contributed by atoms with Crippen LogP contribution in [0.5, 0.6) is 0 Å². The number of hydrogen-bond donors (Lipinski definition) is 0. The fourth-order valence-electron chi connectivity index (χ4n) is 2.95. The largest absolute Gasteiger partial charge is 0.469 e. The quantitative estimate of drug-likeness (QED) is 0.294. The van der Waals surface area contributed by atoms with Gasteiger partial charge in [-0.05, 0) is 32.1 Å². The van der Waals surface area contributed by atoms with Gasteiger partial charge in [-0.15, -0.1) is 0 Å². The molecule has 1 rings (SSSR count). The Kier molecular flexibility index (Phi) is 11.3. The maximum atomic E-state index is 12.2. The third-order valence-electron chi connectivity index (χ3n) is 4.53. The SMILES string of the molecule is CCCCCC(=O)CC=C1CCCC(=O)N1CC=CCCCC(=O)OC. The minimum Gasteiger partial charge on any atom is -0.469 e. The first kappa shape index (κ1) is 22.1. The van der Waals surface area contributed by atoms with Gasteiger partial charge in [0.2, 0.25) is 5.91 Å². The number of unbranched alkanes of at least 4 members (excludes halogenated alkanes) is 3. The van der Waals surface area contributed by atoms with Crippen LogP contribution in [0.3, 0.4) is 0 Å². The molecule has 0 radical (unpaired) electrons. The Bertz CT molecular complexity index is 522. The van der Waals surface area contributed by atoms with E-state index >= 15 is 0 Å². The van der Waals surface area contributed by atoms with Crippen LogP contribution < -0.4 is 0 Å². The second-order valence-corrected chi connectivity index (χ2v) is 6.69. The molecule has 0 spiro atoms. The molecular weight excluding hydrogens is 330 g/mol. The van der Waals surface area contributed by atoms with Crippen molar-refractivity contribution in [3.8, 4) is 0 Å². The number of methoxy groups -OCH3 is 1. The summed E-state index contributed by atoms with van der Waals surface area (Å²) >= 11 is 0. The lowest BCUT2D eigenvalue weighted by atomic mass is 10.0. The Balaban J connectivity index is 2.45. The molecule has 0 aromatic rings. The molecule has 0 unspecified atom stereocenters. The van der Waals surface area contributed by atoms with E-state index in [-0.39, 0.29) is 17.7 Å². The molecule has 0 N–H and O–H groups in total. The van der Waals surface area contributed by atoms with E-state index in [1.165, 1.54) is 7.11 Å². The number of carbonyl (C=O) groups excluding carboxylic acids is 3. The van der Waals surface area contributed by atoms with Crippen LogP contribution in [0.1, 0.15) is 77.6 Å². The third kappa shape index (κ3) is 8.97. The average Bonchev–Trinajstić information content (AvgIpc) is 2.64. The Labute approximate surface area is 157 Å². The van der Waals surface area contributed by atoms with E-state index in [2.05, 4.69) is 11.7 Å². The molecule has 26 heavy (non-hydrogen) atoms. The summed E-state index contributed by atoms with van der Waals surface area (Å²) in [6, 6.07) is 0. The standard InChI is InChI=1S/C21H33NO4/c1-3-4-7-12-19(23)16-15-18-11-10-13-20(24)22(18)17-9-6-5-8-14-21(25)26-2/h6,9,15H,3-5,7-8,10-14,16-17H2,1-2H3. The number of amides is 1. The Hall–Kier alpha value is -1.91. The lowest BCUT2D eigenvalue weighted by molar-refractivity contribution is -0.140. The molecule has 0 aromatic heterocycles. The molecule has 146 valence electrons. The van der Waals surface area contributed by atoms with Gasteiger partial charge in [0.25, 0.3) is 0 Å². The van der Waals surface area contributed by atoms with E-state index in [1.807, 2.05) is 18.2 Å². The zero-order chi connectivity index (χ0) is 19.2. The summed E-state index contributed by atoms with van der Waals surface area (Å²) in [7, 11) is 1.39. The van der Waals surface area contributed by atoms with Crippen LogP contribution in [0.15, 0.2) is 23.9 Å². The second-order valence-electron chi connectivity index (χ2n) is 6.69. The van der Waals surface area contributed by atoms with E-state index in [4.69, 9.17) is 0 Å². The first-order valence-corrected chi connectivity index (χ1v) is 9.81. The van der Waals surface area contributed by atoms with Gasteiger partial charge in [-0.1, -0.05) is 38.0 Å². The highest BCUT2D eigenvalue weighted by Crippen LogP contribution is 2.22. The molecular formula is C21H33NO4. The number of likely N-dealkylation sites (tertiary alicyclic amines) is 1. The number of allylic oxidation sites excluding steroid dienone is 3. The smallest absolute Gasteiger partial charge is 0.305 e. The maximum Gasteiger partial charge on any atom is 0.305 e. The van der Waals surface area contributed by atoms with Gasteiger partial charge >= 0.3 is 5.97 Å². The number of ether oxygens (including phenoxy) is 1. The van der Waals surface area contributed by atoms with Crippen LogP contribution in [-0.4, -0.2) is 36.2 Å². The molecule has 1 fully saturated rings. The molecule has 1 saturated heterocycles. The Morgan fingerprint density at radius 2 is 1.92 bits per heavy atom. The molecule has 1 aliphatic rings. The summed E-state index contributed by atoms with van der Waals surface area (Å²) in [5.74, 6) is 0.181. The van der Waals surface area contributed by atoms with Crippen molar-refractivity contribution in [2.45, 2.75) is 77.6 Å². The first-order chi connectivity index (χ1) is 12.6. The molecule has 1 amide bonds. The van der Waals surface area contributed by atoms with E-state index < -0.39 is 0 Å². The van der Waals surface area contributed by atoms with Crippen molar-refractivity contribution in [3.05, 3.63) is 23.9 Å². The summed E-state index contributed by atoms with van der Waals surface area (Å²) in [6.07, 6.45) is 14.3. The van der Waals surface area contributed by atoms with Crippen molar-refractivity contribution < 1.29 is 19.1 Å². The number of esters is 1. The monoisotopic (exact) mass is 363 g/mol. The van der Waals surface area contributed by atoms with E-state index in [9.17, 15) is 14.4 Å². The predicted octanol–water partition coefficient (Wildman–Crippen LogP) is 4.32. The van der Waals surface area contributed by atoms with Crippen LogP contribution >= 0.6 is 0 Å². The second kappa shape index (κ2) is 13.3. The normalized spacial score (nSPS) is 16.5. The topological polar surface area (TPSA) is 63.7 Å². The van der Waals surface area contributed by atoms with Crippen LogP contribution in [-0.2, 0) is 19.1 Å². The van der Waals surface area contributed by atoms with Gasteiger partial charge in [0.1, 0.15) is 5.78 Å². The zero-order valence-electron chi connectivity index (χ0n) is 16.3. The van der Waals surface area contributed by atoms with Crippen molar-refractivity contribution >= 4 is 17.7 Å². The van der Waals surface area contributed by atoms with Crippen molar-refractivity contribution in [2.24, 2.45) is 0 Å². The lowest BCUT2D eigenvalue weighted by Crippen LogP contribution is -2.33. The van der Waals surface area contributed by atoms with Crippen molar-refractivity contribution in [2.75, 3.05) is 13.7 Å². The molecule has 0 saturated carbocycles. The lowest BCUT2D eigenvalue weighted by Gasteiger charge is -2.29. The number of Topliss-reactive ketones (excluding diaryl/α,β-unsaturated/α-hetero) is 1. The number of piperidine rings is 1. The first-order valence-electron chi connectivity index (χ1n) is 9.81. The van der Waals surface area contributed by atoms with Crippen LogP contribution in [0.25, 0.3) is 0 Å². The summed E-state index contributed by atoms with van der Waals surface area (Å²) in [5.41, 5.74) is 0.976. The molecule has 0 aromatic carbocycles. The number of rotatable bonds is 12. The molecule has 0 bridgehead atoms. The minimum atomic E-state index is -0.196. The Morgan fingerprint density at radius 3 is 2.65 bits per heavy atom. The van der Waals surface area contributed by atoms with E-state index in [0.29, 0.717) is 32.2 Å². The fraction of sp³-hybridized carbons (Fsp3) is 0.667. The number of nitrogens with zero attached hydrogens (tertiary/aromatic N) is 1. The predicted molar refractivity (Wildman–Crippen MR) is 102 cm³/mol. The summed E-state index contributed by atoms with van der Waals surface area (Å²) in [5, 5.41) is 0. The van der Waals surface area contributed by atoms with Crippen molar-refractivity contribution in [3.63, 3.8) is 0 Å². The maximum absolute atomic E-state index is 12.2. The highest BCUT2D eigenvalue weighted by Gasteiger charge is 2.21. The average molecular weight is 363 g/mol. The van der Waals surface area contributed by atoms with Gasteiger partial charge in [0, 0.05) is 37.9 Å². The van der Waals surface area contributed by atoms with Crippen LogP contribution in [0, 0.1) is 0 Å². The summed E-state index contributed by atoms with van der Waals surface area (Å²) in [6.45, 7) is 2.66. The van der Waals surface area contributed by atoms with Gasteiger partial charge in [-0.25, -0.2) is 0 Å². The van der Waals surface area contributed by atoms with Gasteiger partial charge in [-0.2, -0.15) is 0 Å². The molecule has 5 heteroatoms. The zero-order valence-corrected chi connectivity index (χ0v) is 16.3. The molecule has 1 heterocycles. The number of hydrogen-bond acceptors (Lipinski definition) is 4. The highest BCUT2D eigenvalue weighted by molar-refractivity contribution is 5.81. The summed E-state index contributed by atoms with van der Waals surface area (Å²) in [4.78, 5) is 37.0. The van der Waals surface area contributed by atoms with Crippen molar-refractivity contribution in [1.29, 1.82) is 0 Å². The van der Waals surface area contributed by atoms with Gasteiger partial charge < -0.3 is 9.64 Å². The molecule has 0 atom stereocenters. The highest BCUT2D eigenvalue weighted by atomic mass is 16.5.